The zero-order valence-electron chi connectivity index (χ0n) is 16.1. The van der Waals surface area contributed by atoms with E-state index >= 15 is 0 Å². The predicted molar refractivity (Wildman–Crippen MR) is 115 cm³/mol. The van der Waals surface area contributed by atoms with Crippen LogP contribution in [0.4, 0.5) is 11.4 Å². The molecule has 0 fully saturated rings. The molecule has 2 aliphatic rings. The number of esters is 1. The van der Waals surface area contributed by atoms with Crippen LogP contribution in [0.15, 0.2) is 57.8 Å². The van der Waals surface area contributed by atoms with Gasteiger partial charge >= 0.3 is 5.97 Å². The minimum Gasteiger partial charge on any atom is -0.449 e. The normalized spacial score (nSPS) is 17.4. The van der Waals surface area contributed by atoms with Crippen molar-refractivity contribution in [1.29, 1.82) is 0 Å². The molecule has 1 N–H and O–H groups in total. The highest BCUT2D eigenvalue weighted by Crippen LogP contribution is 2.42. The van der Waals surface area contributed by atoms with Gasteiger partial charge in [-0.05, 0) is 48.5 Å². The van der Waals surface area contributed by atoms with E-state index in [0.717, 1.165) is 10.6 Å². The van der Waals surface area contributed by atoms with Crippen LogP contribution in [-0.2, 0) is 19.6 Å². The van der Waals surface area contributed by atoms with Crippen molar-refractivity contribution in [3.05, 3.63) is 54.1 Å². The van der Waals surface area contributed by atoms with E-state index in [1.807, 2.05) is 11.0 Å². The molecule has 0 saturated carbocycles. The van der Waals surface area contributed by atoms with E-state index in [0.29, 0.717) is 23.8 Å². The number of carbonyl (C=O) groups excluding carboxylic acids is 2. The Hall–Kier alpha value is -2.85. The zero-order valence-corrected chi connectivity index (χ0v) is 17.7. The van der Waals surface area contributed by atoms with E-state index in [-0.39, 0.29) is 11.3 Å². The summed E-state index contributed by atoms with van der Waals surface area (Å²) in [6.45, 7) is 2.08. The summed E-state index contributed by atoms with van der Waals surface area (Å²) in [5.74, 6) is -1.06. The Morgan fingerprint density at radius 2 is 2.00 bits per heavy atom. The lowest BCUT2D eigenvalue weighted by Gasteiger charge is -2.22. The molecule has 2 heterocycles. The first-order valence-electron chi connectivity index (χ1n) is 9.35. The van der Waals surface area contributed by atoms with Crippen LogP contribution >= 0.6 is 11.8 Å². The number of para-hydroxylation sites is 1. The Balaban J connectivity index is 1.47. The summed E-state index contributed by atoms with van der Waals surface area (Å²) in [7, 11) is -3.45. The second kappa shape index (κ2) is 8.11. The number of rotatable bonds is 5. The lowest BCUT2D eigenvalue weighted by molar-refractivity contribution is -0.124. The van der Waals surface area contributed by atoms with Gasteiger partial charge in [0.25, 0.3) is 15.9 Å². The number of thioether (sulfide) groups is 1. The van der Waals surface area contributed by atoms with Crippen LogP contribution in [0, 0.1) is 0 Å². The second-order valence-electron chi connectivity index (χ2n) is 6.75. The third-order valence-corrected chi connectivity index (χ3v) is 6.97. The third kappa shape index (κ3) is 4.19. The predicted octanol–water partition coefficient (Wildman–Crippen LogP) is 2.87. The largest absolute Gasteiger partial charge is 0.449 e. The SMILES string of the molecule is CCC(OC(=O)c1ccc2c(c1)SC1=NS(=O)(=O)CCN12)C(=O)Nc1ccccc1. The molecule has 0 bridgehead atoms. The van der Waals surface area contributed by atoms with Crippen molar-refractivity contribution in [2.75, 3.05) is 22.5 Å². The van der Waals surface area contributed by atoms with Crippen LogP contribution in [0.1, 0.15) is 23.7 Å². The van der Waals surface area contributed by atoms with Crippen LogP contribution in [0.2, 0.25) is 0 Å². The van der Waals surface area contributed by atoms with E-state index in [4.69, 9.17) is 4.74 Å². The highest BCUT2D eigenvalue weighted by atomic mass is 32.2. The van der Waals surface area contributed by atoms with E-state index in [2.05, 4.69) is 9.71 Å². The maximum absolute atomic E-state index is 12.6. The van der Waals surface area contributed by atoms with Crippen LogP contribution in [-0.4, -0.2) is 43.9 Å². The van der Waals surface area contributed by atoms with Gasteiger partial charge in [0.1, 0.15) is 0 Å². The maximum Gasteiger partial charge on any atom is 0.338 e. The monoisotopic (exact) mass is 445 g/mol. The molecule has 0 radical (unpaired) electrons. The van der Waals surface area contributed by atoms with Crippen molar-refractivity contribution in [1.82, 2.24) is 0 Å². The molecule has 1 unspecified atom stereocenters. The standard InChI is InChI=1S/C20H19N3O5S2/c1-2-16(18(24)21-14-6-4-3-5-7-14)28-19(25)13-8-9-15-17(12-13)29-20-22-30(26,27)11-10-23(15)20/h3-9,12,16H,2,10-11H2,1H3,(H,21,24). The fourth-order valence-corrected chi connectivity index (χ4v) is 5.42. The molecule has 8 nitrogen and oxygen atoms in total. The van der Waals surface area contributed by atoms with Gasteiger partial charge in [-0.15, -0.1) is 4.40 Å². The Kier molecular flexibility index (Phi) is 5.52. The molecule has 1 amide bonds. The van der Waals surface area contributed by atoms with Gasteiger partial charge in [0, 0.05) is 17.1 Å². The van der Waals surface area contributed by atoms with E-state index in [1.165, 1.54) is 11.8 Å². The number of ether oxygens (including phenoxy) is 1. The van der Waals surface area contributed by atoms with Gasteiger partial charge < -0.3 is 15.0 Å². The van der Waals surface area contributed by atoms with Gasteiger partial charge in [-0.25, -0.2) is 13.2 Å². The number of nitrogens with one attached hydrogen (secondary N) is 1. The number of sulfonamides is 1. The first-order valence-corrected chi connectivity index (χ1v) is 11.8. The molecule has 0 aliphatic carbocycles. The van der Waals surface area contributed by atoms with Gasteiger partial charge in [0.15, 0.2) is 11.3 Å². The van der Waals surface area contributed by atoms with Crippen LogP contribution < -0.4 is 10.2 Å². The summed E-state index contributed by atoms with van der Waals surface area (Å²) in [5, 5.41) is 3.12. The Bertz CT molecular complexity index is 1130. The minimum atomic E-state index is -3.45. The molecule has 2 aliphatic heterocycles. The number of benzene rings is 2. The topological polar surface area (TPSA) is 105 Å². The molecule has 2 aromatic carbocycles. The lowest BCUT2D eigenvalue weighted by Crippen LogP contribution is -2.35. The summed E-state index contributed by atoms with van der Waals surface area (Å²) in [6, 6.07) is 13.9. The molecule has 30 heavy (non-hydrogen) atoms. The van der Waals surface area contributed by atoms with Crippen LogP contribution in [0.3, 0.4) is 0 Å². The maximum atomic E-state index is 12.6. The minimum absolute atomic E-state index is 0.0466. The fourth-order valence-electron chi connectivity index (χ4n) is 3.12. The number of amidine groups is 1. The molecule has 156 valence electrons. The molecular weight excluding hydrogens is 426 g/mol. The number of hydrogen-bond acceptors (Lipinski definition) is 7. The quantitative estimate of drug-likeness (QED) is 0.706. The van der Waals surface area contributed by atoms with Gasteiger partial charge in [-0.2, -0.15) is 0 Å². The first kappa shape index (κ1) is 20.4. The van der Waals surface area contributed by atoms with Gasteiger partial charge in [0.2, 0.25) is 0 Å². The van der Waals surface area contributed by atoms with Gasteiger partial charge in [-0.1, -0.05) is 25.1 Å². The average molecular weight is 446 g/mol. The molecule has 2 aromatic rings. The highest BCUT2D eigenvalue weighted by molar-refractivity contribution is 8.15. The van der Waals surface area contributed by atoms with Crippen molar-refractivity contribution >= 4 is 50.2 Å². The third-order valence-electron chi connectivity index (χ3n) is 4.66. The molecule has 0 spiro atoms. The molecule has 10 heteroatoms. The number of anilines is 2. The van der Waals surface area contributed by atoms with Crippen molar-refractivity contribution in [2.24, 2.45) is 4.40 Å². The Morgan fingerprint density at radius 1 is 1.23 bits per heavy atom. The number of fused-ring (bicyclic) bond motifs is 3. The summed E-state index contributed by atoms with van der Waals surface area (Å²) >= 11 is 1.20. The summed E-state index contributed by atoms with van der Waals surface area (Å²) in [6.07, 6.45) is -0.605. The first-order chi connectivity index (χ1) is 14.4. The number of carbonyl (C=O) groups is 2. The molecule has 4 rings (SSSR count). The lowest BCUT2D eigenvalue weighted by atomic mass is 10.2. The fraction of sp³-hybridized carbons (Fsp3) is 0.250. The molecule has 0 saturated heterocycles. The van der Waals surface area contributed by atoms with Crippen molar-refractivity contribution in [2.45, 2.75) is 24.3 Å². The Labute approximate surface area is 178 Å². The zero-order chi connectivity index (χ0) is 21.3. The summed E-state index contributed by atoms with van der Waals surface area (Å²) in [4.78, 5) is 27.6. The van der Waals surface area contributed by atoms with Crippen molar-refractivity contribution in [3.8, 4) is 0 Å². The highest BCUT2D eigenvalue weighted by Gasteiger charge is 2.34. The Morgan fingerprint density at radius 3 is 2.73 bits per heavy atom. The van der Waals surface area contributed by atoms with E-state index in [9.17, 15) is 18.0 Å². The van der Waals surface area contributed by atoms with Crippen molar-refractivity contribution < 1.29 is 22.7 Å². The van der Waals surface area contributed by atoms with Gasteiger partial charge in [-0.3, -0.25) is 4.79 Å². The summed E-state index contributed by atoms with van der Waals surface area (Å²) < 4.78 is 32.7. The molecule has 0 aromatic heterocycles. The van der Waals surface area contributed by atoms with Crippen LogP contribution in [0.25, 0.3) is 0 Å². The number of hydrogen-bond donors (Lipinski definition) is 1. The second-order valence-corrected chi connectivity index (χ2v) is 9.52. The number of amides is 1. The van der Waals surface area contributed by atoms with Crippen molar-refractivity contribution in [3.63, 3.8) is 0 Å². The molecular formula is C20H19N3O5S2. The van der Waals surface area contributed by atoms with E-state index in [1.54, 1.807) is 49.4 Å². The van der Waals surface area contributed by atoms with Gasteiger partial charge in [0.05, 0.1) is 17.0 Å². The smallest absolute Gasteiger partial charge is 0.338 e. The number of nitrogens with zero attached hydrogens (tertiary/aromatic N) is 2. The molecule has 1 atom stereocenters. The average Bonchev–Trinajstić information content (AvgIpc) is 3.07. The summed E-state index contributed by atoms with van der Waals surface area (Å²) in [5.41, 5.74) is 1.72. The van der Waals surface area contributed by atoms with Crippen LogP contribution in [0.5, 0.6) is 0 Å². The van der Waals surface area contributed by atoms with E-state index < -0.39 is 28.0 Å².